The average molecular weight is 266 g/mol. The summed E-state index contributed by atoms with van der Waals surface area (Å²) in [6, 6.07) is 14.6. The molecule has 1 atom stereocenters. The topological polar surface area (TPSA) is 29.5 Å². The molecule has 102 valence electrons. The third-order valence-electron chi connectivity index (χ3n) is 4.62. The summed E-state index contributed by atoms with van der Waals surface area (Å²) in [6.07, 6.45) is 3.33. The van der Waals surface area contributed by atoms with Crippen LogP contribution in [0.3, 0.4) is 0 Å². The van der Waals surface area contributed by atoms with Crippen LogP contribution in [0.1, 0.15) is 28.7 Å². The summed E-state index contributed by atoms with van der Waals surface area (Å²) in [5, 5.41) is 11.2. The molecule has 1 aliphatic carbocycles. The Labute approximate surface area is 119 Å². The average Bonchev–Trinajstić information content (AvgIpc) is 2.95. The lowest BCUT2D eigenvalue weighted by molar-refractivity contribution is 0.0200. The lowest BCUT2D eigenvalue weighted by atomic mass is 9.76. The Hall–Kier alpha value is -1.80. The number of para-hydroxylation sites is 1. The third-order valence-corrected chi connectivity index (χ3v) is 4.62. The predicted octanol–water partition coefficient (Wildman–Crippen LogP) is 3.00. The van der Waals surface area contributed by atoms with Crippen LogP contribution in [0.5, 0.6) is 5.75 Å². The fourth-order valence-electron chi connectivity index (χ4n) is 3.53. The van der Waals surface area contributed by atoms with Gasteiger partial charge in [-0.2, -0.15) is 0 Å². The summed E-state index contributed by atoms with van der Waals surface area (Å²) in [7, 11) is 0. The van der Waals surface area contributed by atoms with Gasteiger partial charge in [-0.3, -0.25) is 0 Å². The molecule has 2 nitrogen and oxygen atoms in total. The van der Waals surface area contributed by atoms with Crippen molar-refractivity contribution >= 4 is 0 Å². The number of benzene rings is 2. The summed E-state index contributed by atoms with van der Waals surface area (Å²) in [6.45, 7) is 0.735. The molecule has 1 unspecified atom stereocenters. The Morgan fingerprint density at radius 1 is 0.900 bits per heavy atom. The van der Waals surface area contributed by atoms with Crippen molar-refractivity contribution in [1.82, 2.24) is 0 Å². The third kappa shape index (κ3) is 1.75. The Morgan fingerprint density at radius 2 is 1.70 bits per heavy atom. The van der Waals surface area contributed by atoms with Gasteiger partial charge in [0.05, 0.1) is 12.2 Å². The van der Waals surface area contributed by atoms with Gasteiger partial charge in [0.25, 0.3) is 0 Å². The van der Waals surface area contributed by atoms with Crippen LogP contribution in [0.4, 0.5) is 0 Å². The number of aryl methyl sites for hydroxylation is 1. The lowest BCUT2D eigenvalue weighted by Gasteiger charge is -2.34. The van der Waals surface area contributed by atoms with Crippen LogP contribution in [0, 0.1) is 0 Å². The minimum atomic E-state index is -0.788. The van der Waals surface area contributed by atoms with E-state index in [0.717, 1.165) is 37.2 Å². The number of fused-ring (bicyclic) bond motifs is 2. The van der Waals surface area contributed by atoms with Crippen molar-refractivity contribution < 1.29 is 9.84 Å². The zero-order valence-corrected chi connectivity index (χ0v) is 11.4. The second kappa shape index (κ2) is 4.35. The van der Waals surface area contributed by atoms with Crippen molar-refractivity contribution in [3.05, 3.63) is 64.7 Å². The molecule has 0 spiro atoms. The first-order chi connectivity index (χ1) is 9.76. The van der Waals surface area contributed by atoms with Gasteiger partial charge in [-0.1, -0.05) is 42.5 Å². The molecule has 0 amide bonds. The van der Waals surface area contributed by atoms with E-state index in [1.165, 1.54) is 16.7 Å². The predicted molar refractivity (Wildman–Crippen MR) is 78.0 cm³/mol. The van der Waals surface area contributed by atoms with Gasteiger partial charge < -0.3 is 9.84 Å². The van der Waals surface area contributed by atoms with E-state index in [1.54, 1.807) is 0 Å². The molecule has 0 radical (unpaired) electrons. The van der Waals surface area contributed by atoms with Gasteiger partial charge in [-0.15, -0.1) is 0 Å². The van der Waals surface area contributed by atoms with Crippen molar-refractivity contribution in [1.29, 1.82) is 0 Å². The quantitative estimate of drug-likeness (QED) is 0.860. The van der Waals surface area contributed by atoms with Crippen LogP contribution in [-0.4, -0.2) is 11.7 Å². The van der Waals surface area contributed by atoms with E-state index in [-0.39, 0.29) is 0 Å². The summed E-state index contributed by atoms with van der Waals surface area (Å²) in [5.74, 6) is 0.925. The highest BCUT2D eigenvalue weighted by molar-refractivity contribution is 5.48. The maximum absolute atomic E-state index is 11.2. The molecule has 0 bridgehead atoms. The first-order valence-corrected chi connectivity index (χ1v) is 7.31. The molecular weight excluding hydrogens is 248 g/mol. The maximum Gasteiger partial charge on any atom is 0.128 e. The van der Waals surface area contributed by atoms with E-state index in [9.17, 15) is 5.11 Å². The molecule has 1 N–H and O–H groups in total. The molecule has 2 aromatic carbocycles. The molecular formula is C18H18O2. The molecule has 0 saturated carbocycles. The largest absolute Gasteiger partial charge is 0.493 e. The number of hydrogen-bond acceptors (Lipinski definition) is 2. The van der Waals surface area contributed by atoms with Gasteiger partial charge in [0.1, 0.15) is 5.75 Å². The monoisotopic (exact) mass is 266 g/mol. The zero-order valence-electron chi connectivity index (χ0n) is 11.4. The van der Waals surface area contributed by atoms with E-state index in [2.05, 4.69) is 30.3 Å². The molecule has 0 fully saturated rings. The summed E-state index contributed by atoms with van der Waals surface area (Å²) >= 11 is 0. The second-order valence-corrected chi connectivity index (χ2v) is 5.87. The number of ether oxygens (including phenoxy) is 1. The van der Waals surface area contributed by atoms with Crippen LogP contribution < -0.4 is 4.74 Å². The normalized spacial score (nSPS) is 23.9. The molecule has 2 heteroatoms. The fourth-order valence-corrected chi connectivity index (χ4v) is 3.53. The summed E-state index contributed by atoms with van der Waals surface area (Å²) < 4.78 is 5.78. The number of hydrogen-bond donors (Lipinski definition) is 1. The fraction of sp³-hybridized carbons (Fsp3) is 0.333. The van der Waals surface area contributed by atoms with Crippen molar-refractivity contribution in [3.63, 3.8) is 0 Å². The Balaban J connectivity index is 1.78. The van der Waals surface area contributed by atoms with E-state index >= 15 is 0 Å². The summed E-state index contributed by atoms with van der Waals surface area (Å²) in [4.78, 5) is 0. The molecule has 1 aliphatic heterocycles. The molecule has 0 aromatic heterocycles. The molecule has 0 saturated heterocycles. The highest BCUT2D eigenvalue weighted by Gasteiger charge is 2.37. The Bertz CT molecular complexity index is 662. The van der Waals surface area contributed by atoms with Crippen LogP contribution in [0.25, 0.3) is 0 Å². The van der Waals surface area contributed by atoms with Gasteiger partial charge in [0, 0.05) is 18.4 Å². The summed E-state index contributed by atoms with van der Waals surface area (Å²) in [5.41, 5.74) is 4.05. The lowest BCUT2D eigenvalue weighted by Crippen LogP contribution is -2.33. The van der Waals surface area contributed by atoms with Crippen molar-refractivity contribution in [2.75, 3.05) is 6.61 Å². The number of rotatable bonds is 1. The molecule has 4 rings (SSSR count). The van der Waals surface area contributed by atoms with Gasteiger partial charge >= 0.3 is 0 Å². The number of aliphatic hydroxyl groups is 1. The van der Waals surface area contributed by atoms with Gasteiger partial charge in [-0.05, 0) is 29.5 Å². The SMILES string of the molecule is OC1(c2cccc3c2OCC3)CCc2ccccc2C1. The van der Waals surface area contributed by atoms with E-state index in [4.69, 9.17) is 4.74 Å². The highest BCUT2D eigenvalue weighted by atomic mass is 16.5. The molecule has 1 heterocycles. The first kappa shape index (κ1) is 12.0. The highest BCUT2D eigenvalue weighted by Crippen LogP contribution is 2.43. The van der Waals surface area contributed by atoms with Crippen LogP contribution in [0.15, 0.2) is 42.5 Å². The van der Waals surface area contributed by atoms with Crippen molar-refractivity contribution in [3.8, 4) is 5.75 Å². The molecule has 20 heavy (non-hydrogen) atoms. The minimum absolute atomic E-state index is 0.684. The van der Waals surface area contributed by atoms with E-state index < -0.39 is 5.60 Å². The zero-order chi connectivity index (χ0) is 13.6. The van der Waals surface area contributed by atoms with Crippen LogP contribution >= 0.6 is 0 Å². The van der Waals surface area contributed by atoms with E-state index in [0.29, 0.717) is 6.42 Å². The standard InChI is InChI=1S/C18H18O2/c19-18(10-8-13-4-1-2-5-15(13)12-18)16-7-3-6-14-9-11-20-17(14)16/h1-7,19H,8-12H2. The van der Waals surface area contributed by atoms with E-state index in [1.807, 2.05) is 12.1 Å². The van der Waals surface area contributed by atoms with Gasteiger partial charge in [0.15, 0.2) is 0 Å². The maximum atomic E-state index is 11.2. The Morgan fingerprint density at radius 3 is 2.60 bits per heavy atom. The van der Waals surface area contributed by atoms with Gasteiger partial charge in [0.2, 0.25) is 0 Å². The Kier molecular flexibility index (Phi) is 2.61. The first-order valence-electron chi connectivity index (χ1n) is 7.31. The smallest absolute Gasteiger partial charge is 0.128 e. The van der Waals surface area contributed by atoms with Crippen molar-refractivity contribution in [2.24, 2.45) is 0 Å². The van der Waals surface area contributed by atoms with Crippen LogP contribution in [0.2, 0.25) is 0 Å². The second-order valence-electron chi connectivity index (χ2n) is 5.87. The molecule has 2 aromatic rings. The van der Waals surface area contributed by atoms with Crippen LogP contribution in [-0.2, 0) is 24.9 Å². The van der Waals surface area contributed by atoms with Crippen molar-refractivity contribution in [2.45, 2.75) is 31.3 Å². The molecule has 2 aliphatic rings. The minimum Gasteiger partial charge on any atom is -0.493 e. The van der Waals surface area contributed by atoms with Gasteiger partial charge in [-0.25, -0.2) is 0 Å².